The highest BCUT2D eigenvalue weighted by Gasteiger charge is 2.69. The van der Waals surface area contributed by atoms with Crippen LogP contribution in [0.4, 0.5) is 5.69 Å². The third kappa shape index (κ3) is 1.91. The summed E-state index contributed by atoms with van der Waals surface area (Å²) in [7, 11) is 5.38. The predicted molar refractivity (Wildman–Crippen MR) is 104 cm³/mol. The first kappa shape index (κ1) is 17.7. The first-order valence-electron chi connectivity index (χ1n) is 9.99. The Kier molecular flexibility index (Phi) is 3.55. The lowest BCUT2D eigenvalue weighted by molar-refractivity contribution is -0.931. The zero-order valence-corrected chi connectivity index (χ0v) is 16.9. The number of benzene rings is 1. The van der Waals surface area contributed by atoms with E-state index >= 15 is 0 Å². The number of Topliss-reactive ketones (excluding diaryl/α,β-unsaturated/α-hetero) is 1. The van der Waals surface area contributed by atoms with Crippen molar-refractivity contribution in [3.63, 3.8) is 0 Å². The van der Waals surface area contributed by atoms with Crippen LogP contribution < -0.4 is 10.1 Å². The summed E-state index contributed by atoms with van der Waals surface area (Å²) in [5.41, 5.74) is 3.57. The monoisotopic (exact) mass is 383 g/mol. The maximum atomic E-state index is 13.0. The smallest absolute Gasteiger partial charge is 0.335 e. The van der Waals surface area contributed by atoms with E-state index in [1.54, 1.807) is 14.0 Å². The van der Waals surface area contributed by atoms with Crippen LogP contribution in [-0.2, 0) is 19.7 Å². The van der Waals surface area contributed by atoms with Gasteiger partial charge in [-0.15, -0.1) is 0 Å². The highest BCUT2D eigenvalue weighted by molar-refractivity contribution is 5.95. The molecule has 1 unspecified atom stereocenters. The van der Waals surface area contributed by atoms with Gasteiger partial charge in [-0.25, -0.2) is 4.79 Å². The molecule has 4 aliphatic rings. The van der Waals surface area contributed by atoms with E-state index in [4.69, 9.17) is 9.47 Å². The fourth-order valence-electron chi connectivity index (χ4n) is 6.71. The zero-order chi connectivity index (χ0) is 19.8. The summed E-state index contributed by atoms with van der Waals surface area (Å²) in [6.07, 6.45) is 1.79. The van der Waals surface area contributed by atoms with Crippen LogP contribution in [0.2, 0.25) is 0 Å². The number of fused-ring (bicyclic) bond motifs is 2. The second kappa shape index (κ2) is 5.60. The fourth-order valence-corrected chi connectivity index (χ4v) is 6.71. The third-order valence-corrected chi connectivity index (χ3v) is 7.91. The molecule has 2 saturated heterocycles. The van der Waals surface area contributed by atoms with E-state index in [1.807, 2.05) is 12.1 Å². The summed E-state index contributed by atoms with van der Waals surface area (Å²) < 4.78 is 11.7. The van der Waals surface area contributed by atoms with E-state index in [2.05, 4.69) is 18.4 Å². The summed E-state index contributed by atoms with van der Waals surface area (Å²) in [5, 5.41) is 3.58. The number of quaternary nitrogens is 1. The number of hydrogen-bond acceptors (Lipinski definition) is 5. The fraction of sp³-hybridized carbons (Fsp3) is 0.545. The lowest BCUT2D eigenvalue weighted by Gasteiger charge is -2.53. The highest BCUT2D eigenvalue weighted by atomic mass is 16.5. The number of carbonyl (C=O) groups is 2. The molecule has 28 heavy (non-hydrogen) atoms. The van der Waals surface area contributed by atoms with Gasteiger partial charge in [-0.3, -0.25) is 4.79 Å². The Balaban J connectivity index is 1.82. The molecule has 2 fully saturated rings. The van der Waals surface area contributed by atoms with Gasteiger partial charge in [0.15, 0.2) is 0 Å². The number of anilines is 1. The van der Waals surface area contributed by atoms with E-state index in [9.17, 15) is 9.59 Å². The third-order valence-electron chi connectivity index (χ3n) is 7.91. The number of likely N-dealkylation sites (N-methyl/N-ethyl adjacent to an activating group) is 1. The van der Waals surface area contributed by atoms with E-state index in [0.29, 0.717) is 11.6 Å². The number of para-hydroxylation sites is 1. The molecule has 0 saturated carbocycles. The molecule has 5 atom stereocenters. The van der Waals surface area contributed by atoms with Gasteiger partial charge in [0, 0.05) is 24.5 Å². The molecule has 1 aromatic carbocycles. The number of carbonyl (C=O) groups excluding carboxylic acids is 2. The molecule has 1 aromatic rings. The Hall–Kier alpha value is -2.34. The van der Waals surface area contributed by atoms with Gasteiger partial charge in [0.25, 0.3) is 0 Å². The molecule has 5 rings (SSSR count). The van der Waals surface area contributed by atoms with Crippen molar-refractivity contribution in [2.75, 3.05) is 39.7 Å². The topological polar surface area (TPSA) is 64.6 Å². The van der Waals surface area contributed by atoms with Crippen molar-refractivity contribution in [2.45, 2.75) is 31.2 Å². The predicted octanol–water partition coefficient (Wildman–Crippen LogP) is 2.24. The van der Waals surface area contributed by atoms with Crippen molar-refractivity contribution in [3.8, 4) is 5.75 Å². The molecule has 2 bridgehead atoms. The van der Waals surface area contributed by atoms with Gasteiger partial charge in [0.1, 0.15) is 17.6 Å². The number of nitrogens with one attached hydrogen (secondary N) is 1. The van der Waals surface area contributed by atoms with Gasteiger partial charge in [0.2, 0.25) is 0 Å². The summed E-state index contributed by atoms with van der Waals surface area (Å²) in [6, 6.07) is 6.49. The van der Waals surface area contributed by atoms with Crippen LogP contribution in [0.1, 0.15) is 25.3 Å². The van der Waals surface area contributed by atoms with E-state index in [1.165, 1.54) is 12.7 Å². The number of rotatable bonds is 3. The average molecular weight is 383 g/mol. The Morgan fingerprint density at radius 1 is 1.29 bits per heavy atom. The molecular formula is C22H27N2O4+. The molecule has 3 heterocycles. The van der Waals surface area contributed by atoms with E-state index < -0.39 is 0 Å². The van der Waals surface area contributed by atoms with Crippen LogP contribution in [0.3, 0.4) is 0 Å². The van der Waals surface area contributed by atoms with Gasteiger partial charge in [-0.05, 0) is 18.6 Å². The molecule has 0 amide bonds. The van der Waals surface area contributed by atoms with Gasteiger partial charge >= 0.3 is 5.97 Å². The first-order valence-corrected chi connectivity index (χ1v) is 9.99. The Bertz CT molecular complexity index is 938. The van der Waals surface area contributed by atoms with Crippen molar-refractivity contribution in [1.82, 2.24) is 0 Å². The Labute approximate surface area is 165 Å². The molecule has 3 aliphatic heterocycles. The number of esters is 1. The Morgan fingerprint density at radius 2 is 2.07 bits per heavy atom. The molecule has 6 nitrogen and oxygen atoms in total. The first-order chi connectivity index (χ1) is 13.4. The minimum Gasteiger partial charge on any atom is -0.495 e. The lowest BCUT2D eigenvalue weighted by Crippen LogP contribution is -2.64. The van der Waals surface area contributed by atoms with Crippen molar-refractivity contribution < 1.29 is 23.5 Å². The standard InChI is InChI=1S/C22H26N2O4/c1-12(25)14-11-24(2)9-8-22-15-6-5-7-16(27-3)19(15)23-20(22)18(21(26)28-4)13(14)10-17(22)24/h5-7,13-14,17H,8-11H2,1-4H3/p+1/t13-,14-,17-,22+,24?/m1/s1. The average Bonchev–Trinajstić information content (AvgIpc) is 3.20. The second-order valence-electron chi connectivity index (χ2n) is 8.97. The van der Waals surface area contributed by atoms with Crippen LogP contribution in [-0.4, -0.2) is 56.6 Å². The summed E-state index contributed by atoms with van der Waals surface area (Å²) >= 11 is 0. The van der Waals surface area contributed by atoms with Crippen LogP contribution in [0.15, 0.2) is 29.5 Å². The van der Waals surface area contributed by atoms with Crippen molar-refractivity contribution in [1.29, 1.82) is 0 Å². The van der Waals surface area contributed by atoms with Gasteiger partial charge in [0.05, 0.1) is 57.0 Å². The molecule has 1 N–H and O–H groups in total. The van der Waals surface area contributed by atoms with E-state index in [0.717, 1.165) is 47.5 Å². The number of piperidine rings is 1. The van der Waals surface area contributed by atoms with Crippen molar-refractivity contribution in [3.05, 3.63) is 35.0 Å². The highest BCUT2D eigenvalue weighted by Crippen LogP contribution is 2.64. The molecule has 0 radical (unpaired) electrons. The zero-order valence-electron chi connectivity index (χ0n) is 16.9. The van der Waals surface area contributed by atoms with Crippen molar-refractivity contribution in [2.24, 2.45) is 11.8 Å². The number of ketones is 1. The molecule has 1 aliphatic carbocycles. The molecule has 0 aromatic heterocycles. The molecule has 6 heteroatoms. The summed E-state index contributed by atoms with van der Waals surface area (Å²) in [5.74, 6) is 0.405. The maximum absolute atomic E-state index is 13.0. The van der Waals surface area contributed by atoms with Crippen LogP contribution in [0.5, 0.6) is 5.75 Å². The SMILES string of the molecule is COC(=O)C1=C2Nc3c(OC)cccc3[C@]23CC[N+]2(C)C[C@H](C(C)=O)[C@H]1C[C@H]32. The number of nitrogens with zero attached hydrogens (tertiary/aromatic N) is 1. The van der Waals surface area contributed by atoms with Crippen molar-refractivity contribution >= 4 is 17.4 Å². The summed E-state index contributed by atoms with van der Waals surface area (Å²) in [4.78, 5) is 25.5. The van der Waals surface area contributed by atoms with Crippen LogP contribution >= 0.6 is 0 Å². The minimum absolute atomic E-state index is 0.0878. The second-order valence-corrected chi connectivity index (χ2v) is 8.97. The lowest BCUT2D eigenvalue weighted by atomic mass is 9.59. The van der Waals surface area contributed by atoms with E-state index in [-0.39, 0.29) is 29.0 Å². The normalized spacial score (nSPS) is 37.1. The number of methoxy groups -OCH3 is 2. The number of ether oxygens (including phenoxy) is 2. The summed E-state index contributed by atoms with van der Waals surface area (Å²) in [6.45, 7) is 3.45. The number of hydrogen-bond donors (Lipinski definition) is 1. The van der Waals surface area contributed by atoms with Crippen LogP contribution in [0, 0.1) is 11.8 Å². The van der Waals surface area contributed by atoms with Gasteiger partial charge in [-0.2, -0.15) is 0 Å². The largest absolute Gasteiger partial charge is 0.495 e. The molecule has 1 spiro atoms. The van der Waals surface area contributed by atoms with Crippen LogP contribution in [0.25, 0.3) is 0 Å². The minimum atomic E-state index is -0.314. The molecule has 148 valence electrons. The van der Waals surface area contributed by atoms with Gasteiger partial charge in [-0.1, -0.05) is 12.1 Å². The quantitative estimate of drug-likeness (QED) is 0.641. The maximum Gasteiger partial charge on any atom is 0.335 e. The molecular weight excluding hydrogens is 356 g/mol. The van der Waals surface area contributed by atoms with Gasteiger partial charge < -0.3 is 19.3 Å². The Morgan fingerprint density at radius 3 is 2.75 bits per heavy atom.